The molecular formula is C31H40F3N5O7S. The second kappa shape index (κ2) is 17.3. The Morgan fingerprint density at radius 1 is 1.02 bits per heavy atom. The van der Waals surface area contributed by atoms with Gasteiger partial charge in [0.25, 0.3) is 5.91 Å². The monoisotopic (exact) mass is 683 g/mol. The number of aliphatic carboxylic acids is 1. The predicted octanol–water partition coefficient (Wildman–Crippen LogP) is 3.51. The first kappa shape index (κ1) is 37.6. The number of fused-ring (bicyclic) bond motifs is 2. The number of carbonyl (C=O) groups is 4. The highest BCUT2D eigenvalue weighted by atomic mass is 32.2. The Kier molecular flexibility index (Phi) is 13.9. The van der Waals surface area contributed by atoms with Gasteiger partial charge in [-0.2, -0.15) is 13.2 Å². The number of nitrogens with two attached hydrogens (primary N) is 1. The van der Waals surface area contributed by atoms with E-state index in [9.17, 15) is 32.7 Å². The Balaban J connectivity index is 0.000000771. The van der Waals surface area contributed by atoms with Crippen LogP contribution in [-0.2, 0) is 19.1 Å². The first-order chi connectivity index (χ1) is 22.2. The Bertz CT molecular complexity index is 1410. The zero-order valence-corrected chi connectivity index (χ0v) is 26.7. The predicted molar refractivity (Wildman–Crippen MR) is 168 cm³/mol. The van der Waals surface area contributed by atoms with Gasteiger partial charge in [-0.25, -0.2) is 4.79 Å². The largest absolute Gasteiger partial charge is 0.490 e. The molecule has 2 heterocycles. The minimum absolute atomic E-state index is 0.122. The Labute approximate surface area is 274 Å². The summed E-state index contributed by atoms with van der Waals surface area (Å²) in [5, 5.41) is 29.0. The Hall–Kier alpha value is -3.86. The molecule has 0 aromatic heterocycles. The SMILES string of the molecule is CC(C)C[C@H](NC(=O)C(CCCCN)NC(=O)c1ccc2c(c1)Nc1ccccc1S2)C(=O)N[C@H]1CCOC1O.O=C(O)C(F)(F)F. The van der Waals surface area contributed by atoms with Crippen molar-refractivity contribution in [3.05, 3.63) is 48.0 Å². The van der Waals surface area contributed by atoms with E-state index in [-0.39, 0.29) is 17.7 Å². The van der Waals surface area contributed by atoms with E-state index in [1.807, 2.05) is 44.2 Å². The summed E-state index contributed by atoms with van der Waals surface area (Å²) < 4.78 is 36.9. The van der Waals surface area contributed by atoms with E-state index in [0.717, 1.165) is 21.2 Å². The number of hydrogen-bond acceptors (Lipinski definition) is 9. The zero-order valence-electron chi connectivity index (χ0n) is 25.9. The van der Waals surface area contributed by atoms with Gasteiger partial charge in [-0.1, -0.05) is 37.7 Å². The summed E-state index contributed by atoms with van der Waals surface area (Å²) in [7, 11) is 0. The van der Waals surface area contributed by atoms with Crippen LogP contribution >= 0.6 is 11.8 Å². The number of carboxylic acid groups (broad SMARTS) is 1. The lowest BCUT2D eigenvalue weighted by Crippen LogP contribution is -2.56. The highest BCUT2D eigenvalue weighted by Gasteiger charge is 2.38. The number of ether oxygens (including phenoxy) is 1. The smallest absolute Gasteiger partial charge is 0.475 e. The van der Waals surface area contributed by atoms with E-state index in [1.165, 1.54) is 0 Å². The van der Waals surface area contributed by atoms with Crippen molar-refractivity contribution in [3.63, 3.8) is 0 Å². The number of unbranched alkanes of at least 4 members (excludes halogenated alkanes) is 1. The van der Waals surface area contributed by atoms with Crippen molar-refractivity contribution >= 4 is 46.8 Å². The molecule has 0 spiro atoms. The second-order valence-corrected chi connectivity index (χ2v) is 12.5. The summed E-state index contributed by atoms with van der Waals surface area (Å²) >= 11 is 1.63. The van der Waals surface area contributed by atoms with Crippen LogP contribution in [0.1, 0.15) is 56.3 Å². The lowest BCUT2D eigenvalue weighted by Gasteiger charge is -2.26. The standard InChI is InChI=1S/C29H39N5O5S.C2HF3O2/c1-17(2)15-23(28(37)33-21-12-14-39-29(21)38)34-27(36)20(8-5-6-13-30)32-26(35)18-10-11-25-22(16-18)31-19-7-3-4-9-24(19)40-25;3-2(4,5)1(6)7/h3-4,7,9-11,16-17,20-21,23,29,31,38H,5-6,8,12-15,30H2,1-2H3,(H,32,35)(H,33,37)(H,34,36);(H,6,7)/t20?,21-,23-,29?;/m0./s1. The number of amides is 3. The Morgan fingerprint density at radius 2 is 1.70 bits per heavy atom. The first-order valence-electron chi connectivity index (χ1n) is 15.1. The Morgan fingerprint density at radius 3 is 2.32 bits per heavy atom. The van der Waals surface area contributed by atoms with Crippen LogP contribution in [0.4, 0.5) is 24.5 Å². The maximum Gasteiger partial charge on any atom is 0.490 e. The molecule has 2 aliphatic heterocycles. The molecule has 12 nitrogen and oxygen atoms in total. The van der Waals surface area contributed by atoms with Crippen molar-refractivity contribution in [3.8, 4) is 0 Å². The minimum atomic E-state index is -5.08. The highest BCUT2D eigenvalue weighted by Crippen LogP contribution is 2.44. The molecule has 47 heavy (non-hydrogen) atoms. The van der Waals surface area contributed by atoms with Crippen LogP contribution in [0.5, 0.6) is 0 Å². The van der Waals surface area contributed by atoms with Crippen molar-refractivity contribution in [1.29, 1.82) is 0 Å². The second-order valence-electron chi connectivity index (χ2n) is 11.4. The summed E-state index contributed by atoms with van der Waals surface area (Å²) in [6.07, 6.45) is -3.53. The van der Waals surface area contributed by atoms with Crippen LogP contribution in [-0.4, -0.2) is 77.6 Å². The number of anilines is 2. The van der Waals surface area contributed by atoms with Crippen LogP contribution in [0, 0.1) is 5.92 Å². The molecule has 0 saturated carbocycles. The first-order valence-corrected chi connectivity index (χ1v) is 15.9. The third kappa shape index (κ3) is 11.4. The van der Waals surface area contributed by atoms with E-state index in [1.54, 1.807) is 23.9 Å². The normalized spacial score (nSPS) is 18.0. The van der Waals surface area contributed by atoms with Crippen molar-refractivity contribution < 1.29 is 47.3 Å². The average molecular weight is 684 g/mol. The lowest BCUT2D eigenvalue weighted by molar-refractivity contribution is -0.192. The molecule has 2 aliphatic rings. The molecule has 2 aromatic carbocycles. The van der Waals surface area contributed by atoms with Crippen molar-refractivity contribution in [2.45, 2.75) is 86.3 Å². The number of benzene rings is 2. The number of aliphatic hydroxyl groups excluding tert-OH is 1. The van der Waals surface area contributed by atoms with Gasteiger partial charge in [0.1, 0.15) is 12.1 Å². The number of carbonyl (C=O) groups excluding carboxylic acids is 3. The summed E-state index contributed by atoms with van der Waals surface area (Å²) in [5.41, 5.74) is 7.89. The number of rotatable bonds is 12. The number of hydrogen-bond donors (Lipinski definition) is 7. The molecule has 16 heteroatoms. The maximum absolute atomic E-state index is 13.4. The van der Waals surface area contributed by atoms with E-state index >= 15 is 0 Å². The third-order valence-electron chi connectivity index (χ3n) is 7.16. The van der Waals surface area contributed by atoms with Crippen molar-refractivity contribution in [2.75, 3.05) is 18.5 Å². The van der Waals surface area contributed by atoms with Gasteiger partial charge in [-0.3, -0.25) is 14.4 Å². The summed E-state index contributed by atoms with van der Waals surface area (Å²) in [6, 6.07) is 11.2. The number of halogens is 3. The molecule has 1 saturated heterocycles. The van der Waals surface area contributed by atoms with Gasteiger partial charge in [0.15, 0.2) is 6.29 Å². The zero-order chi connectivity index (χ0) is 34.7. The molecule has 0 bridgehead atoms. The molecule has 3 amide bonds. The third-order valence-corrected chi connectivity index (χ3v) is 8.31. The fraction of sp³-hybridized carbons (Fsp3) is 0.484. The fourth-order valence-corrected chi connectivity index (χ4v) is 5.73. The van der Waals surface area contributed by atoms with Gasteiger partial charge in [0.2, 0.25) is 11.8 Å². The summed E-state index contributed by atoms with van der Waals surface area (Å²) in [5.74, 6) is -3.83. The van der Waals surface area contributed by atoms with Crippen molar-refractivity contribution in [1.82, 2.24) is 16.0 Å². The molecule has 2 aromatic rings. The number of alkyl halides is 3. The molecule has 4 rings (SSSR count). The van der Waals surface area contributed by atoms with Gasteiger partial charge < -0.3 is 42.0 Å². The maximum atomic E-state index is 13.4. The van der Waals surface area contributed by atoms with E-state index in [4.69, 9.17) is 20.4 Å². The molecule has 1 fully saturated rings. The van der Waals surface area contributed by atoms with Crippen LogP contribution in [0.25, 0.3) is 0 Å². The molecule has 8 N–H and O–H groups in total. The number of nitrogens with one attached hydrogen (secondary N) is 4. The molecule has 4 atom stereocenters. The minimum Gasteiger partial charge on any atom is -0.475 e. The molecular weight excluding hydrogens is 643 g/mol. The molecule has 0 radical (unpaired) electrons. The van der Waals surface area contributed by atoms with Gasteiger partial charge in [0, 0.05) is 15.4 Å². The number of carboxylic acids is 1. The topological polar surface area (TPSA) is 192 Å². The summed E-state index contributed by atoms with van der Waals surface area (Å²) in [6.45, 7) is 4.75. The lowest BCUT2D eigenvalue weighted by atomic mass is 10.0. The van der Waals surface area contributed by atoms with E-state index in [2.05, 4.69) is 21.3 Å². The quantitative estimate of drug-likeness (QED) is 0.139. The number of para-hydroxylation sites is 1. The van der Waals surface area contributed by atoms with Gasteiger partial charge in [-0.05, 0) is 74.9 Å². The highest BCUT2D eigenvalue weighted by molar-refractivity contribution is 7.99. The van der Waals surface area contributed by atoms with Gasteiger partial charge >= 0.3 is 12.1 Å². The molecule has 0 aliphatic carbocycles. The van der Waals surface area contributed by atoms with E-state index in [0.29, 0.717) is 50.8 Å². The van der Waals surface area contributed by atoms with Crippen LogP contribution in [0.2, 0.25) is 0 Å². The van der Waals surface area contributed by atoms with Crippen LogP contribution in [0.3, 0.4) is 0 Å². The molecule has 2 unspecified atom stereocenters. The fourth-order valence-electron chi connectivity index (χ4n) is 4.76. The van der Waals surface area contributed by atoms with E-state index < -0.39 is 42.5 Å². The van der Waals surface area contributed by atoms with Gasteiger partial charge in [-0.15, -0.1) is 0 Å². The average Bonchev–Trinajstić information content (AvgIpc) is 3.42. The molecule has 258 valence electrons. The van der Waals surface area contributed by atoms with Gasteiger partial charge in [0.05, 0.1) is 24.0 Å². The van der Waals surface area contributed by atoms with Crippen LogP contribution < -0.4 is 27.0 Å². The summed E-state index contributed by atoms with van der Waals surface area (Å²) in [4.78, 5) is 50.8. The van der Waals surface area contributed by atoms with Crippen molar-refractivity contribution in [2.24, 2.45) is 11.7 Å². The van der Waals surface area contributed by atoms with Crippen LogP contribution in [0.15, 0.2) is 52.3 Å². The number of aliphatic hydroxyl groups is 1.